The Labute approximate surface area is 207 Å². The van der Waals surface area contributed by atoms with Gasteiger partial charge in [0.05, 0.1) is 21.0 Å². The second kappa shape index (κ2) is 9.40. The fraction of sp³-hybridized carbons (Fsp3) is 0.304. The molecule has 0 radical (unpaired) electrons. The Kier molecular flexibility index (Phi) is 6.32. The van der Waals surface area contributed by atoms with Gasteiger partial charge in [-0.25, -0.2) is 14.8 Å². The van der Waals surface area contributed by atoms with Gasteiger partial charge in [-0.05, 0) is 46.1 Å². The van der Waals surface area contributed by atoms with Crippen molar-refractivity contribution >= 4 is 44.5 Å². The van der Waals surface area contributed by atoms with Gasteiger partial charge < -0.3 is 20.0 Å². The van der Waals surface area contributed by atoms with Crippen molar-refractivity contribution in [3.63, 3.8) is 0 Å². The summed E-state index contributed by atoms with van der Waals surface area (Å²) in [4.78, 5) is 42.7. The van der Waals surface area contributed by atoms with Crippen LogP contribution in [-0.2, 0) is 19.4 Å². The predicted molar refractivity (Wildman–Crippen MR) is 135 cm³/mol. The van der Waals surface area contributed by atoms with E-state index in [-0.39, 0.29) is 11.7 Å². The number of aliphatic hydroxyl groups is 1. The number of fused-ring (bicyclic) bond motifs is 1. The minimum absolute atomic E-state index is 0.295. The fourth-order valence-electron chi connectivity index (χ4n) is 3.97. The Hall–Kier alpha value is -2.89. The Morgan fingerprint density at radius 1 is 1.18 bits per heavy atom. The van der Waals surface area contributed by atoms with E-state index in [4.69, 9.17) is 4.98 Å². The molecule has 4 heterocycles. The van der Waals surface area contributed by atoms with Crippen LogP contribution in [-0.4, -0.2) is 48.8 Å². The van der Waals surface area contributed by atoms with Crippen molar-refractivity contribution < 1.29 is 5.11 Å². The zero-order valence-corrected chi connectivity index (χ0v) is 20.8. The van der Waals surface area contributed by atoms with E-state index in [2.05, 4.69) is 30.9 Å². The molecule has 0 unspecified atom stereocenters. The summed E-state index contributed by atoms with van der Waals surface area (Å²) in [5.74, 6) is 0.708. The van der Waals surface area contributed by atoms with E-state index in [1.165, 1.54) is 10.6 Å². The van der Waals surface area contributed by atoms with Crippen molar-refractivity contribution in [3.8, 4) is 0 Å². The number of benzene rings is 1. The van der Waals surface area contributed by atoms with Crippen LogP contribution in [0.5, 0.6) is 0 Å². The minimum atomic E-state index is -0.464. The first-order valence-corrected chi connectivity index (χ1v) is 12.6. The SMILES string of the molecule is CCc1[nH]c2nc(Sc3cc(=O)n(CCc4ccccc4)c(=O)[nH]3)nc(N3CC(O)C3)c2c1Br. The van der Waals surface area contributed by atoms with Crippen molar-refractivity contribution in [2.75, 3.05) is 18.0 Å². The topological polar surface area (TPSA) is 120 Å². The van der Waals surface area contributed by atoms with Crippen molar-refractivity contribution in [2.24, 2.45) is 0 Å². The lowest BCUT2D eigenvalue weighted by Crippen LogP contribution is -2.51. The highest BCUT2D eigenvalue weighted by Crippen LogP contribution is 2.37. The summed E-state index contributed by atoms with van der Waals surface area (Å²) in [5, 5.41) is 11.4. The second-order valence-corrected chi connectivity index (χ2v) is 9.95. The van der Waals surface area contributed by atoms with Crippen molar-refractivity contribution in [3.05, 3.63) is 73.0 Å². The third kappa shape index (κ3) is 4.42. The summed E-state index contributed by atoms with van der Waals surface area (Å²) in [6.07, 6.45) is 0.989. The molecule has 0 aliphatic carbocycles. The number of nitrogens with zero attached hydrogens (tertiary/aromatic N) is 4. The van der Waals surface area contributed by atoms with Crippen molar-refractivity contribution in [2.45, 2.75) is 42.6 Å². The maximum atomic E-state index is 12.7. The number of hydrogen-bond acceptors (Lipinski definition) is 7. The van der Waals surface area contributed by atoms with Crippen LogP contribution in [0.4, 0.5) is 5.82 Å². The van der Waals surface area contributed by atoms with Gasteiger partial charge in [0.15, 0.2) is 5.16 Å². The third-order valence-corrected chi connectivity index (χ3v) is 7.48. The predicted octanol–water partition coefficient (Wildman–Crippen LogP) is 2.71. The number of halogens is 1. The minimum Gasteiger partial charge on any atom is -0.389 e. The summed E-state index contributed by atoms with van der Waals surface area (Å²) < 4.78 is 2.11. The van der Waals surface area contributed by atoms with E-state index in [1.54, 1.807) is 0 Å². The van der Waals surface area contributed by atoms with Gasteiger partial charge in [0, 0.05) is 31.4 Å². The first-order chi connectivity index (χ1) is 16.4. The average Bonchev–Trinajstić information content (AvgIpc) is 3.12. The lowest BCUT2D eigenvalue weighted by molar-refractivity contribution is 0.141. The number of H-pyrrole nitrogens is 2. The molecule has 0 amide bonds. The molecule has 34 heavy (non-hydrogen) atoms. The Morgan fingerprint density at radius 3 is 2.62 bits per heavy atom. The van der Waals surface area contributed by atoms with E-state index < -0.39 is 5.69 Å². The zero-order chi connectivity index (χ0) is 23.8. The van der Waals surface area contributed by atoms with Crippen LogP contribution in [0.3, 0.4) is 0 Å². The van der Waals surface area contributed by atoms with Crippen molar-refractivity contribution in [1.82, 2.24) is 24.5 Å². The first kappa shape index (κ1) is 22.9. The third-order valence-electron chi connectivity index (χ3n) is 5.80. The quantitative estimate of drug-likeness (QED) is 0.242. The van der Waals surface area contributed by atoms with Crippen LogP contribution >= 0.6 is 27.7 Å². The monoisotopic (exact) mass is 542 g/mol. The van der Waals surface area contributed by atoms with E-state index in [9.17, 15) is 14.7 Å². The number of hydrogen-bond donors (Lipinski definition) is 3. The molecular formula is C23H23BrN6O3S. The van der Waals surface area contributed by atoms with E-state index in [0.717, 1.165) is 39.3 Å². The van der Waals surface area contributed by atoms with Gasteiger partial charge in [-0.3, -0.25) is 9.36 Å². The molecule has 1 aromatic carbocycles. The maximum Gasteiger partial charge on any atom is 0.329 e. The molecule has 0 atom stereocenters. The summed E-state index contributed by atoms with van der Waals surface area (Å²) in [6.45, 7) is 3.32. The van der Waals surface area contributed by atoms with Gasteiger partial charge in [-0.15, -0.1) is 0 Å². The van der Waals surface area contributed by atoms with Crippen LogP contribution in [0.1, 0.15) is 18.2 Å². The van der Waals surface area contributed by atoms with Gasteiger partial charge in [-0.2, -0.15) is 0 Å². The molecule has 1 aliphatic heterocycles. The van der Waals surface area contributed by atoms with Crippen LogP contribution in [0.25, 0.3) is 11.0 Å². The standard InChI is InChI=1S/C23H23BrN6O3S/c1-2-15-19(24)18-20(25-15)27-22(28-21(18)29-11-14(31)12-29)34-16-10-17(32)30(23(33)26-16)9-8-13-6-4-3-5-7-13/h3-7,10,14,31H,2,8-9,11-12H2,1H3,(H,26,33)(H,25,27,28). The highest BCUT2D eigenvalue weighted by molar-refractivity contribution is 9.10. The van der Waals surface area contributed by atoms with Gasteiger partial charge in [0.2, 0.25) is 0 Å². The molecule has 5 rings (SSSR count). The molecule has 1 fully saturated rings. The molecule has 9 nitrogen and oxygen atoms in total. The zero-order valence-electron chi connectivity index (χ0n) is 18.4. The molecule has 4 aromatic rings. The van der Waals surface area contributed by atoms with E-state index in [1.807, 2.05) is 42.2 Å². The fourth-order valence-corrected chi connectivity index (χ4v) is 5.47. The molecule has 1 saturated heterocycles. The normalized spacial score (nSPS) is 14.0. The number of anilines is 1. The molecule has 11 heteroatoms. The molecular weight excluding hydrogens is 520 g/mol. The number of aromatic amines is 2. The lowest BCUT2D eigenvalue weighted by Gasteiger charge is -2.37. The number of aryl methyl sites for hydroxylation is 2. The maximum absolute atomic E-state index is 12.7. The summed E-state index contributed by atoms with van der Waals surface area (Å²) in [5.41, 5.74) is 1.89. The number of rotatable bonds is 7. The Balaban J connectivity index is 1.44. The summed E-state index contributed by atoms with van der Waals surface area (Å²) in [6, 6.07) is 11.1. The molecule has 176 valence electrons. The van der Waals surface area contributed by atoms with Crippen LogP contribution < -0.4 is 16.1 Å². The van der Waals surface area contributed by atoms with Crippen molar-refractivity contribution in [1.29, 1.82) is 0 Å². The number of aliphatic hydroxyl groups excluding tert-OH is 1. The summed E-state index contributed by atoms with van der Waals surface area (Å²) >= 11 is 4.78. The van der Waals surface area contributed by atoms with Crippen LogP contribution in [0.15, 0.2) is 60.6 Å². The largest absolute Gasteiger partial charge is 0.389 e. The summed E-state index contributed by atoms with van der Waals surface area (Å²) in [7, 11) is 0. The van der Waals surface area contributed by atoms with Gasteiger partial charge in [0.25, 0.3) is 5.56 Å². The Bertz CT molecular complexity index is 1430. The first-order valence-electron chi connectivity index (χ1n) is 11.0. The average molecular weight is 543 g/mol. The van der Waals surface area contributed by atoms with Gasteiger partial charge in [-0.1, -0.05) is 37.3 Å². The van der Waals surface area contributed by atoms with E-state index >= 15 is 0 Å². The number of β-amino-alcohol motifs (C(OH)–C–C–N with tert-alkyl or cyclic N) is 1. The molecule has 0 spiro atoms. The van der Waals surface area contributed by atoms with Crippen LogP contribution in [0, 0.1) is 0 Å². The number of aromatic nitrogens is 5. The van der Waals surface area contributed by atoms with Crippen LogP contribution in [0.2, 0.25) is 0 Å². The van der Waals surface area contributed by atoms with Gasteiger partial charge >= 0.3 is 5.69 Å². The highest BCUT2D eigenvalue weighted by atomic mass is 79.9. The number of nitrogens with one attached hydrogen (secondary N) is 2. The molecule has 0 bridgehead atoms. The van der Waals surface area contributed by atoms with E-state index in [0.29, 0.717) is 47.7 Å². The van der Waals surface area contributed by atoms with Gasteiger partial charge in [0.1, 0.15) is 11.5 Å². The Morgan fingerprint density at radius 2 is 1.94 bits per heavy atom. The molecule has 1 aliphatic rings. The molecule has 0 saturated carbocycles. The lowest BCUT2D eigenvalue weighted by atomic mass is 10.1. The molecule has 3 N–H and O–H groups in total. The second-order valence-electron chi connectivity index (χ2n) is 8.15. The smallest absolute Gasteiger partial charge is 0.329 e. The highest BCUT2D eigenvalue weighted by Gasteiger charge is 2.29. The molecule has 3 aromatic heterocycles.